The third-order valence-corrected chi connectivity index (χ3v) is 3.26. The number of benzene rings is 1. The second-order valence-electron chi connectivity index (χ2n) is 4.70. The van der Waals surface area contributed by atoms with Gasteiger partial charge in [-0.2, -0.15) is 13.2 Å². The molecule has 0 bridgehead atoms. The Bertz CT molecular complexity index is 489. The highest BCUT2D eigenvalue weighted by atomic mass is 79.9. The normalized spacial score (nSPS) is 13.3. The number of ether oxygens (including phenoxy) is 1. The monoisotopic (exact) mass is 352 g/mol. The molecule has 0 radical (unpaired) electrons. The molecule has 20 heavy (non-hydrogen) atoms. The molecule has 0 saturated carbocycles. The van der Waals surface area contributed by atoms with Crippen LogP contribution in [0.5, 0.6) is 5.75 Å². The highest BCUT2D eigenvalue weighted by Gasteiger charge is 2.42. The largest absolute Gasteiger partial charge is 0.492 e. The molecule has 0 fully saturated rings. The zero-order chi connectivity index (χ0) is 15.5. The van der Waals surface area contributed by atoms with Crippen molar-refractivity contribution in [2.75, 3.05) is 6.61 Å². The first kappa shape index (κ1) is 16.8. The van der Waals surface area contributed by atoms with Crippen LogP contribution in [-0.4, -0.2) is 18.6 Å². The van der Waals surface area contributed by atoms with Crippen LogP contribution < -0.4 is 10.5 Å². The van der Waals surface area contributed by atoms with Crippen LogP contribution >= 0.6 is 15.9 Å². The van der Waals surface area contributed by atoms with Crippen molar-refractivity contribution in [3.63, 3.8) is 0 Å². The van der Waals surface area contributed by atoms with Gasteiger partial charge in [-0.15, -0.1) is 0 Å². The molecule has 0 aliphatic heterocycles. The lowest BCUT2D eigenvalue weighted by Crippen LogP contribution is -2.39. The minimum atomic E-state index is -4.58. The minimum Gasteiger partial charge on any atom is -0.492 e. The first-order chi connectivity index (χ1) is 9.12. The van der Waals surface area contributed by atoms with Gasteiger partial charge in [0.05, 0.1) is 0 Å². The van der Waals surface area contributed by atoms with Crippen LogP contribution in [0, 0.1) is 11.3 Å². The summed E-state index contributed by atoms with van der Waals surface area (Å²) >= 11 is 3.31. The maximum absolute atomic E-state index is 12.7. The second-order valence-corrected chi connectivity index (χ2v) is 5.61. The third-order valence-electron chi connectivity index (χ3n) is 2.77. The summed E-state index contributed by atoms with van der Waals surface area (Å²) in [6, 6.07) is 5.10. The average Bonchev–Trinajstić information content (AvgIpc) is 2.28. The Morgan fingerprint density at radius 3 is 2.45 bits per heavy atom. The average molecular weight is 353 g/mol. The van der Waals surface area contributed by atoms with E-state index < -0.39 is 24.5 Å². The molecule has 0 heterocycles. The van der Waals surface area contributed by atoms with Gasteiger partial charge >= 0.3 is 6.18 Å². The molecular weight excluding hydrogens is 337 g/mol. The van der Waals surface area contributed by atoms with Crippen LogP contribution in [0.2, 0.25) is 0 Å². The van der Waals surface area contributed by atoms with Crippen molar-refractivity contribution in [2.45, 2.75) is 25.9 Å². The van der Waals surface area contributed by atoms with Gasteiger partial charge in [0.25, 0.3) is 0 Å². The van der Waals surface area contributed by atoms with Crippen LogP contribution in [0.4, 0.5) is 13.2 Å². The fourth-order valence-electron chi connectivity index (χ4n) is 1.64. The molecule has 112 valence electrons. The van der Waals surface area contributed by atoms with Gasteiger partial charge in [0, 0.05) is 4.47 Å². The fraction of sp³-hybridized carbons (Fsp3) is 0.462. The molecule has 1 atom stereocenters. The van der Waals surface area contributed by atoms with Gasteiger partial charge in [-0.05, 0) is 29.7 Å². The van der Waals surface area contributed by atoms with E-state index in [0.29, 0.717) is 5.75 Å². The SMILES string of the molecule is CC(C)c1cc(Br)ccc1OCC(C(=N)N)C(F)(F)F. The van der Waals surface area contributed by atoms with Gasteiger partial charge in [0.15, 0.2) is 0 Å². The van der Waals surface area contributed by atoms with E-state index in [1.165, 1.54) is 0 Å². The number of halogens is 4. The Labute approximate surface area is 123 Å². The molecule has 1 aromatic rings. The Hall–Kier alpha value is -1.24. The van der Waals surface area contributed by atoms with E-state index in [2.05, 4.69) is 15.9 Å². The van der Waals surface area contributed by atoms with E-state index in [1.54, 1.807) is 18.2 Å². The molecule has 0 saturated heterocycles. The Morgan fingerprint density at radius 1 is 1.40 bits per heavy atom. The Kier molecular flexibility index (Phi) is 5.44. The number of rotatable bonds is 5. The molecule has 1 rings (SSSR count). The van der Waals surface area contributed by atoms with E-state index in [-0.39, 0.29) is 5.92 Å². The molecule has 1 unspecified atom stereocenters. The molecule has 0 amide bonds. The summed E-state index contributed by atoms with van der Waals surface area (Å²) in [6.07, 6.45) is -4.58. The lowest BCUT2D eigenvalue weighted by Gasteiger charge is -2.21. The minimum absolute atomic E-state index is 0.101. The summed E-state index contributed by atoms with van der Waals surface area (Å²) in [5, 5.41) is 7.02. The van der Waals surface area contributed by atoms with Crippen LogP contribution in [0.15, 0.2) is 22.7 Å². The number of alkyl halides is 3. The smallest absolute Gasteiger partial charge is 0.401 e. The molecule has 1 aromatic carbocycles. The zero-order valence-corrected chi connectivity index (χ0v) is 12.7. The Morgan fingerprint density at radius 2 is 2.00 bits per heavy atom. The lowest BCUT2D eigenvalue weighted by molar-refractivity contribution is -0.162. The molecule has 0 aliphatic rings. The summed E-state index contributed by atoms with van der Waals surface area (Å²) in [5.74, 6) is -2.56. The van der Waals surface area contributed by atoms with Crippen LogP contribution in [0.1, 0.15) is 25.3 Å². The number of nitrogens with two attached hydrogens (primary N) is 1. The van der Waals surface area contributed by atoms with Crippen molar-refractivity contribution in [2.24, 2.45) is 11.7 Å². The first-order valence-electron chi connectivity index (χ1n) is 5.95. The van der Waals surface area contributed by atoms with Gasteiger partial charge in [0.2, 0.25) is 0 Å². The molecule has 0 aliphatic carbocycles. The van der Waals surface area contributed by atoms with Crippen molar-refractivity contribution in [1.82, 2.24) is 0 Å². The van der Waals surface area contributed by atoms with Gasteiger partial charge in [-0.1, -0.05) is 29.8 Å². The van der Waals surface area contributed by atoms with Crippen molar-refractivity contribution in [3.8, 4) is 5.75 Å². The van der Waals surface area contributed by atoms with Crippen molar-refractivity contribution in [1.29, 1.82) is 5.41 Å². The quantitative estimate of drug-likeness (QED) is 0.619. The predicted octanol–water partition coefficient (Wildman–Crippen LogP) is 4.07. The first-order valence-corrected chi connectivity index (χ1v) is 6.75. The molecule has 3 N–H and O–H groups in total. The number of amidine groups is 1. The summed E-state index contributed by atoms with van der Waals surface area (Å²) in [6.45, 7) is 3.14. The van der Waals surface area contributed by atoms with E-state index in [0.717, 1.165) is 10.0 Å². The van der Waals surface area contributed by atoms with Gasteiger partial charge in [0.1, 0.15) is 24.1 Å². The van der Waals surface area contributed by atoms with E-state index in [4.69, 9.17) is 15.9 Å². The molecule has 0 spiro atoms. The topological polar surface area (TPSA) is 59.1 Å². The van der Waals surface area contributed by atoms with Crippen molar-refractivity contribution in [3.05, 3.63) is 28.2 Å². The number of hydrogen-bond acceptors (Lipinski definition) is 2. The molecular formula is C13H16BrF3N2O. The van der Waals surface area contributed by atoms with Crippen LogP contribution in [0.25, 0.3) is 0 Å². The number of nitrogens with one attached hydrogen (secondary N) is 1. The molecule has 7 heteroatoms. The number of hydrogen-bond donors (Lipinski definition) is 2. The second kappa shape index (κ2) is 6.47. The van der Waals surface area contributed by atoms with Gasteiger partial charge in [-0.25, -0.2) is 0 Å². The van der Waals surface area contributed by atoms with E-state index >= 15 is 0 Å². The summed E-state index contributed by atoms with van der Waals surface area (Å²) in [7, 11) is 0. The van der Waals surface area contributed by atoms with Gasteiger partial charge < -0.3 is 10.5 Å². The highest BCUT2D eigenvalue weighted by molar-refractivity contribution is 9.10. The summed E-state index contributed by atoms with van der Waals surface area (Å²) < 4.78 is 44.1. The van der Waals surface area contributed by atoms with Gasteiger partial charge in [-0.3, -0.25) is 5.41 Å². The lowest BCUT2D eigenvalue weighted by atomic mass is 10.0. The Balaban J connectivity index is 2.91. The van der Waals surface area contributed by atoms with Crippen LogP contribution in [0.3, 0.4) is 0 Å². The zero-order valence-electron chi connectivity index (χ0n) is 11.1. The standard InChI is InChI=1S/C13H16BrF3N2O/c1-7(2)9-5-8(14)3-4-11(9)20-6-10(12(18)19)13(15,16)17/h3-5,7,10H,6H2,1-2H3,(H3,18,19). The van der Waals surface area contributed by atoms with Crippen molar-refractivity contribution < 1.29 is 17.9 Å². The third kappa shape index (κ3) is 4.40. The van der Waals surface area contributed by atoms with E-state index in [9.17, 15) is 13.2 Å². The molecule has 3 nitrogen and oxygen atoms in total. The van der Waals surface area contributed by atoms with E-state index in [1.807, 2.05) is 13.8 Å². The maximum Gasteiger partial charge on any atom is 0.401 e. The van der Waals surface area contributed by atoms with Crippen molar-refractivity contribution >= 4 is 21.8 Å². The molecule has 0 aromatic heterocycles. The maximum atomic E-state index is 12.7. The predicted molar refractivity (Wildman–Crippen MR) is 75.2 cm³/mol. The highest BCUT2D eigenvalue weighted by Crippen LogP contribution is 2.32. The van der Waals surface area contributed by atoms with Crippen LogP contribution in [-0.2, 0) is 0 Å². The summed E-state index contributed by atoms with van der Waals surface area (Å²) in [4.78, 5) is 0. The fourth-order valence-corrected chi connectivity index (χ4v) is 2.01. The summed E-state index contributed by atoms with van der Waals surface area (Å²) in [5.41, 5.74) is 5.78.